The lowest BCUT2D eigenvalue weighted by molar-refractivity contribution is 0.101. The highest BCUT2D eigenvalue weighted by Gasteiger charge is 2.13. The van der Waals surface area contributed by atoms with Crippen molar-refractivity contribution < 1.29 is 4.79 Å². The molecule has 0 bridgehead atoms. The molecule has 74 valence electrons. The minimum Gasteiger partial charge on any atom is -0.385 e. The number of carbonyl (C=O) groups is 1. The highest BCUT2D eigenvalue weighted by Crippen LogP contribution is 2.25. The summed E-state index contributed by atoms with van der Waals surface area (Å²) in [5.74, 6) is 0.172. The zero-order valence-electron chi connectivity index (χ0n) is 8.47. The van der Waals surface area contributed by atoms with Gasteiger partial charge in [0, 0.05) is 17.8 Å². The van der Waals surface area contributed by atoms with Crippen LogP contribution in [0.25, 0.3) is 0 Å². The molecule has 1 aromatic carbocycles. The number of nitrogens with one attached hydrogen (secondary N) is 1. The monoisotopic (exact) mass is 189 g/mol. The molecule has 1 N–H and O–H groups in total. The molecule has 0 fully saturated rings. The van der Waals surface area contributed by atoms with E-state index in [0.717, 1.165) is 24.2 Å². The smallest absolute Gasteiger partial charge is 0.160 e. The number of anilines is 1. The number of fused-ring (bicyclic) bond motifs is 1. The van der Waals surface area contributed by atoms with E-state index >= 15 is 0 Å². The normalized spacial score (nSPS) is 15.2. The molecule has 1 aromatic rings. The molecule has 1 heterocycles. The maximum Gasteiger partial charge on any atom is 0.160 e. The Hall–Kier alpha value is -1.31. The Morgan fingerprint density at radius 2 is 2.21 bits per heavy atom. The van der Waals surface area contributed by atoms with Gasteiger partial charge in [0.05, 0.1) is 0 Å². The van der Waals surface area contributed by atoms with Crippen molar-refractivity contribution in [2.24, 2.45) is 0 Å². The van der Waals surface area contributed by atoms with Crippen LogP contribution in [0.3, 0.4) is 0 Å². The highest BCUT2D eigenvalue weighted by molar-refractivity contribution is 5.97. The zero-order chi connectivity index (χ0) is 9.97. The van der Waals surface area contributed by atoms with Crippen molar-refractivity contribution in [3.05, 3.63) is 29.3 Å². The van der Waals surface area contributed by atoms with Gasteiger partial charge in [-0.25, -0.2) is 0 Å². The Morgan fingerprint density at radius 1 is 1.36 bits per heavy atom. The maximum absolute atomic E-state index is 11.4. The third-order valence-electron chi connectivity index (χ3n) is 2.72. The van der Waals surface area contributed by atoms with Gasteiger partial charge in [0.1, 0.15) is 0 Å². The van der Waals surface area contributed by atoms with Gasteiger partial charge in [-0.1, -0.05) is 12.1 Å². The van der Waals surface area contributed by atoms with Crippen molar-refractivity contribution >= 4 is 11.5 Å². The van der Waals surface area contributed by atoms with Crippen LogP contribution in [0.1, 0.15) is 35.7 Å². The molecule has 2 heteroatoms. The van der Waals surface area contributed by atoms with Gasteiger partial charge in [-0.15, -0.1) is 0 Å². The second kappa shape index (κ2) is 3.82. The van der Waals surface area contributed by atoms with E-state index in [1.165, 1.54) is 18.4 Å². The molecular weight excluding hydrogens is 174 g/mol. The number of carbonyl (C=O) groups excluding carboxylic acids is 1. The van der Waals surface area contributed by atoms with Gasteiger partial charge < -0.3 is 5.32 Å². The van der Waals surface area contributed by atoms with Gasteiger partial charge in [-0.3, -0.25) is 4.79 Å². The number of hydrogen-bond acceptors (Lipinski definition) is 2. The Labute approximate surface area is 84.3 Å². The molecule has 0 spiro atoms. The zero-order valence-corrected chi connectivity index (χ0v) is 8.47. The second-order valence-corrected chi connectivity index (χ2v) is 3.77. The van der Waals surface area contributed by atoms with E-state index in [4.69, 9.17) is 0 Å². The lowest BCUT2D eigenvalue weighted by Crippen LogP contribution is -2.03. The fraction of sp³-hybridized carbons (Fsp3) is 0.417. The lowest BCUT2D eigenvalue weighted by Gasteiger charge is -2.10. The number of ketones is 1. The third-order valence-corrected chi connectivity index (χ3v) is 2.72. The molecule has 14 heavy (non-hydrogen) atoms. The molecule has 1 aliphatic rings. The summed E-state index contributed by atoms with van der Waals surface area (Å²) in [6, 6.07) is 5.94. The van der Waals surface area contributed by atoms with Crippen LogP contribution in [0.5, 0.6) is 0 Å². The van der Waals surface area contributed by atoms with Crippen LogP contribution in [0, 0.1) is 0 Å². The van der Waals surface area contributed by atoms with Gasteiger partial charge in [-0.05, 0) is 37.8 Å². The van der Waals surface area contributed by atoms with Crippen molar-refractivity contribution in [3.63, 3.8) is 0 Å². The molecule has 0 saturated heterocycles. The van der Waals surface area contributed by atoms with Gasteiger partial charge in [0.25, 0.3) is 0 Å². The summed E-state index contributed by atoms with van der Waals surface area (Å²) in [4.78, 5) is 11.4. The molecule has 2 nitrogen and oxygen atoms in total. The minimum absolute atomic E-state index is 0.172. The molecule has 0 amide bonds. The fourth-order valence-corrected chi connectivity index (χ4v) is 2.00. The van der Waals surface area contributed by atoms with Crippen LogP contribution in [0.2, 0.25) is 0 Å². The first-order chi connectivity index (χ1) is 6.79. The molecule has 1 aliphatic heterocycles. The number of benzene rings is 1. The van der Waals surface area contributed by atoms with Crippen molar-refractivity contribution in [1.29, 1.82) is 0 Å². The Kier molecular flexibility index (Phi) is 2.53. The summed E-state index contributed by atoms with van der Waals surface area (Å²) in [6.45, 7) is 2.66. The number of hydrogen-bond donors (Lipinski definition) is 1. The van der Waals surface area contributed by atoms with E-state index in [1.807, 2.05) is 12.1 Å². The molecular formula is C12H15NO. The van der Waals surface area contributed by atoms with Gasteiger partial charge in [-0.2, -0.15) is 0 Å². The van der Waals surface area contributed by atoms with Crippen molar-refractivity contribution in [2.75, 3.05) is 11.9 Å². The van der Waals surface area contributed by atoms with Crippen LogP contribution in [0.15, 0.2) is 18.2 Å². The van der Waals surface area contributed by atoms with Crippen molar-refractivity contribution in [3.8, 4) is 0 Å². The van der Waals surface area contributed by atoms with Crippen LogP contribution < -0.4 is 5.32 Å². The number of rotatable bonds is 1. The summed E-state index contributed by atoms with van der Waals surface area (Å²) in [5.41, 5.74) is 3.24. The first-order valence-electron chi connectivity index (χ1n) is 5.16. The maximum atomic E-state index is 11.4. The van der Waals surface area contributed by atoms with E-state index in [9.17, 15) is 4.79 Å². The highest BCUT2D eigenvalue weighted by atomic mass is 16.1. The lowest BCUT2D eigenvalue weighted by atomic mass is 9.99. The first kappa shape index (κ1) is 9.25. The largest absolute Gasteiger partial charge is 0.385 e. The van der Waals surface area contributed by atoms with Crippen LogP contribution >= 0.6 is 0 Å². The van der Waals surface area contributed by atoms with Gasteiger partial charge >= 0.3 is 0 Å². The van der Waals surface area contributed by atoms with E-state index in [0.29, 0.717) is 0 Å². The molecule has 0 unspecified atom stereocenters. The quantitative estimate of drug-likeness (QED) is 0.688. The Balaban J connectivity index is 2.47. The van der Waals surface area contributed by atoms with Crippen molar-refractivity contribution in [1.82, 2.24) is 0 Å². The van der Waals surface area contributed by atoms with Gasteiger partial charge in [0.2, 0.25) is 0 Å². The molecule has 0 aromatic heterocycles. The molecule has 2 rings (SSSR count). The molecule has 0 saturated carbocycles. The molecule has 0 radical (unpaired) electrons. The standard InChI is InChI=1S/C12H15NO/c1-9(14)10-6-4-7-12-11(10)5-2-3-8-13-12/h4,6-7,13H,2-3,5,8H2,1H3. The summed E-state index contributed by atoms with van der Waals surface area (Å²) in [5, 5.41) is 3.37. The Morgan fingerprint density at radius 3 is 3.00 bits per heavy atom. The predicted molar refractivity (Wildman–Crippen MR) is 57.9 cm³/mol. The molecule has 0 aliphatic carbocycles. The summed E-state index contributed by atoms with van der Waals surface area (Å²) in [7, 11) is 0. The average molecular weight is 189 g/mol. The molecule has 0 atom stereocenters. The SMILES string of the molecule is CC(=O)c1cccc2c1CCCCN2. The number of Topliss-reactive ketones (excluding diaryl/α,β-unsaturated/α-hetero) is 1. The summed E-state index contributed by atoms with van der Waals surface area (Å²) >= 11 is 0. The topological polar surface area (TPSA) is 29.1 Å². The fourth-order valence-electron chi connectivity index (χ4n) is 2.00. The second-order valence-electron chi connectivity index (χ2n) is 3.77. The van der Waals surface area contributed by atoms with E-state index in [2.05, 4.69) is 11.4 Å². The van der Waals surface area contributed by atoms with Gasteiger partial charge in [0.15, 0.2) is 5.78 Å². The van der Waals surface area contributed by atoms with E-state index in [1.54, 1.807) is 6.92 Å². The van der Waals surface area contributed by atoms with E-state index in [-0.39, 0.29) is 5.78 Å². The first-order valence-corrected chi connectivity index (χ1v) is 5.16. The summed E-state index contributed by atoms with van der Waals surface area (Å²) < 4.78 is 0. The average Bonchev–Trinajstić information content (AvgIpc) is 2.41. The van der Waals surface area contributed by atoms with Crippen LogP contribution in [-0.2, 0) is 6.42 Å². The van der Waals surface area contributed by atoms with E-state index < -0.39 is 0 Å². The Bertz CT molecular complexity index is 357. The predicted octanol–water partition coefficient (Wildman–Crippen LogP) is 2.64. The van der Waals surface area contributed by atoms with Crippen LogP contribution in [-0.4, -0.2) is 12.3 Å². The summed E-state index contributed by atoms with van der Waals surface area (Å²) in [6.07, 6.45) is 3.38. The van der Waals surface area contributed by atoms with Crippen LogP contribution in [0.4, 0.5) is 5.69 Å². The minimum atomic E-state index is 0.172. The van der Waals surface area contributed by atoms with Crippen molar-refractivity contribution in [2.45, 2.75) is 26.2 Å². The third kappa shape index (κ3) is 1.65.